The minimum absolute atomic E-state index is 0.278. The standard InChI is InChI=1S/C9H12N2O/c1-6-8(5-11(2)10-6)9(12)7-3-4-7/h5,7H,3-4H2,1-2H3. The summed E-state index contributed by atoms with van der Waals surface area (Å²) in [6.07, 6.45) is 3.94. The average molecular weight is 164 g/mol. The Balaban J connectivity index is 2.31. The van der Waals surface area contributed by atoms with Gasteiger partial charge in [-0.05, 0) is 19.8 Å². The van der Waals surface area contributed by atoms with Crippen LogP contribution in [0.5, 0.6) is 0 Å². The van der Waals surface area contributed by atoms with Crippen LogP contribution in [-0.4, -0.2) is 15.6 Å². The van der Waals surface area contributed by atoms with Crippen molar-refractivity contribution in [1.82, 2.24) is 9.78 Å². The second-order valence-corrected chi connectivity index (χ2v) is 3.44. The zero-order valence-electron chi connectivity index (χ0n) is 7.37. The van der Waals surface area contributed by atoms with Gasteiger partial charge in [0.05, 0.1) is 11.3 Å². The molecule has 0 atom stereocenters. The van der Waals surface area contributed by atoms with Crippen LogP contribution in [0.1, 0.15) is 28.9 Å². The van der Waals surface area contributed by atoms with Crippen LogP contribution in [0, 0.1) is 12.8 Å². The van der Waals surface area contributed by atoms with Gasteiger partial charge in [0.2, 0.25) is 0 Å². The maximum atomic E-state index is 11.6. The first-order chi connectivity index (χ1) is 5.68. The van der Waals surface area contributed by atoms with E-state index in [4.69, 9.17) is 0 Å². The third-order valence-corrected chi connectivity index (χ3v) is 2.23. The molecule has 0 amide bonds. The number of hydrogen-bond donors (Lipinski definition) is 0. The van der Waals surface area contributed by atoms with E-state index in [0.717, 1.165) is 24.1 Å². The number of aromatic nitrogens is 2. The van der Waals surface area contributed by atoms with E-state index < -0.39 is 0 Å². The van der Waals surface area contributed by atoms with Crippen molar-refractivity contribution < 1.29 is 4.79 Å². The van der Waals surface area contributed by atoms with Crippen LogP contribution < -0.4 is 0 Å². The predicted octanol–water partition coefficient (Wildman–Crippen LogP) is 1.32. The van der Waals surface area contributed by atoms with E-state index in [1.54, 1.807) is 4.68 Å². The van der Waals surface area contributed by atoms with Gasteiger partial charge in [-0.25, -0.2) is 0 Å². The molecular weight excluding hydrogens is 152 g/mol. The van der Waals surface area contributed by atoms with Crippen LogP contribution in [0.15, 0.2) is 6.20 Å². The van der Waals surface area contributed by atoms with Crippen LogP contribution >= 0.6 is 0 Å². The second-order valence-electron chi connectivity index (χ2n) is 3.44. The number of ketones is 1. The third-order valence-electron chi connectivity index (χ3n) is 2.23. The molecule has 0 aliphatic heterocycles. The van der Waals surface area contributed by atoms with Crippen molar-refractivity contribution in [1.29, 1.82) is 0 Å². The van der Waals surface area contributed by atoms with Crippen molar-refractivity contribution in [3.8, 4) is 0 Å². The van der Waals surface area contributed by atoms with Crippen molar-refractivity contribution in [2.24, 2.45) is 13.0 Å². The van der Waals surface area contributed by atoms with E-state index in [0.29, 0.717) is 5.92 Å². The summed E-state index contributed by atoms with van der Waals surface area (Å²) in [6, 6.07) is 0. The van der Waals surface area contributed by atoms with Crippen LogP contribution in [0.2, 0.25) is 0 Å². The summed E-state index contributed by atoms with van der Waals surface area (Å²) in [6.45, 7) is 1.88. The molecule has 0 N–H and O–H groups in total. The molecule has 1 aromatic heterocycles. The SMILES string of the molecule is Cc1nn(C)cc1C(=O)C1CC1. The summed E-state index contributed by atoms with van der Waals surface area (Å²) < 4.78 is 1.70. The van der Waals surface area contributed by atoms with E-state index >= 15 is 0 Å². The Morgan fingerprint density at radius 3 is 2.75 bits per heavy atom. The van der Waals surface area contributed by atoms with Crippen LogP contribution in [0.25, 0.3) is 0 Å². The molecule has 0 unspecified atom stereocenters. The largest absolute Gasteiger partial charge is 0.294 e. The summed E-state index contributed by atoms with van der Waals surface area (Å²) in [5.41, 5.74) is 1.66. The maximum Gasteiger partial charge on any atom is 0.169 e. The number of Topliss-reactive ketones (excluding diaryl/α,β-unsaturated/α-hetero) is 1. The molecule has 12 heavy (non-hydrogen) atoms. The van der Waals surface area contributed by atoms with Crippen molar-refractivity contribution in [3.05, 3.63) is 17.5 Å². The Kier molecular flexibility index (Phi) is 1.53. The Hall–Kier alpha value is -1.12. The van der Waals surface area contributed by atoms with Gasteiger partial charge in [0.1, 0.15) is 0 Å². The molecule has 0 saturated heterocycles. The Labute approximate surface area is 71.4 Å². The highest BCUT2D eigenvalue weighted by molar-refractivity contribution is 5.99. The molecule has 3 nitrogen and oxygen atoms in total. The molecule has 3 heteroatoms. The molecule has 2 rings (SSSR count). The first-order valence-corrected chi connectivity index (χ1v) is 4.23. The molecule has 0 radical (unpaired) electrons. The van der Waals surface area contributed by atoms with Gasteiger partial charge in [-0.15, -0.1) is 0 Å². The molecule has 0 bridgehead atoms. The normalized spacial score (nSPS) is 16.5. The average Bonchev–Trinajstić information content (AvgIpc) is 2.77. The van der Waals surface area contributed by atoms with E-state index in [1.807, 2.05) is 20.2 Å². The third kappa shape index (κ3) is 1.15. The Bertz CT molecular complexity index is 323. The molecule has 0 spiro atoms. The Morgan fingerprint density at radius 1 is 1.67 bits per heavy atom. The minimum Gasteiger partial charge on any atom is -0.294 e. The molecule has 1 aromatic rings. The highest BCUT2D eigenvalue weighted by Gasteiger charge is 2.31. The summed E-state index contributed by atoms with van der Waals surface area (Å²) in [5, 5.41) is 4.14. The predicted molar refractivity (Wildman–Crippen MR) is 45.0 cm³/mol. The molecule has 1 fully saturated rings. The van der Waals surface area contributed by atoms with E-state index in [9.17, 15) is 4.79 Å². The van der Waals surface area contributed by atoms with Gasteiger partial charge in [-0.2, -0.15) is 5.10 Å². The monoisotopic (exact) mass is 164 g/mol. The summed E-state index contributed by atoms with van der Waals surface area (Å²) >= 11 is 0. The van der Waals surface area contributed by atoms with Gasteiger partial charge in [-0.1, -0.05) is 0 Å². The fourth-order valence-corrected chi connectivity index (χ4v) is 1.41. The summed E-state index contributed by atoms with van der Waals surface area (Å²) in [7, 11) is 1.84. The topological polar surface area (TPSA) is 34.9 Å². The highest BCUT2D eigenvalue weighted by Crippen LogP contribution is 2.33. The number of aryl methyl sites for hydroxylation is 2. The summed E-state index contributed by atoms with van der Waals surface area (Å²) in [4.78, 5) is 11.6. The number of rotatable bonds is 2. The van der Waals surface area contributed by atoms with Crippen molar-refractivity contribution in [2.75, 3.05) is 0 Å². The quantitative estimate of drug-likeness (QED) is 0.618. The smallest absolute Gasteiger partial charge is 0.169 e. The number of carbonyl (C=O) groups excluding carboxylic acids is 1. The molecule has 1 heterocycles. The highest BCUT2D eigenvalue weighted by atomic mass is 16.1. The van der Waals surface area contributed by atoms with Gasteiger partial charge in [0.15, 0.2) is 5.78 Å². The molecule has 1 aliphatic carbocycles. The molecule has 64 valence electrons. The van der Waals surface area contributed by atoms with E-state index in [2.05, 4.69) is 5.10 Å². The molecule has 1 saturated carbocycles. The van der Waals surface area contributed by atoms with Gasteiger partial charge in [0, 0.05) is 19.2 Å². The van der Waals surface area contributed by atoms with Gasteiger partial charge < -0.3 is 0 Å². The van der Waals surface area contributed by atoms with Crippen molar-refractivity contribution in [2.45, 2.75) is 19.8 Å². The number of carbonyl (C=O) groups is 1. The fourth-order valence-electron chi connectivity index (χ4n) is 1.41. The van der Waals surface area contributed by atoms with Crippen LogP contribution in [-0.2, 0) is 7.05 Å². The minimum atomic E-state index is 0.278. The van der Waals surface area contributed by atoms with E-state index in [1.165, 1.54) is 0 Å². The molecular formula is C9H12N2O. The lowest BCUT2D eigenvalue weighted by Crippen LogP contribution is -2.01. The number of nitrogens with zero attached hydrogens (tertiary/aromatic N) is 2. The molecule has 0 aromatic carbocycles. The first kappa shape index (κ1) is 7.53. The van der Waals surface area contributed by atoms with Crippen molar-refractivity contribution in [3.63, 3.8) is 0 Å². The first-order valence-electron chi connectivity index (χ1n) is 4.23. The number of hydrogen-bond acceptors (Lipinski definition) is 2. The van der Waals surface area contributed by atoms with Gasteiger partial charge in [-0.3, -0.25) is 9.48 Å². The second kappa shape index (κ2) is 2.44. The summed E-state index contributed by atoms with van der Waals surface area (Å²) in [5.74, 6) is 0.577. The van der Waals surface area contributed by atoms with Crippen LogP contribution in [0.4, 0.5) is 0 Å². The van der Waals surface area contributed by atoms with Gasteiger partial charge in [0.25, 0.3) is 0 Å². The van der Waals surface area contributed by atoms with E-state index in [-0.39, 0.29) is 5.78 Å². The zero-order valence-corrected chi connectivity index (χ0v) is 7.37. The lowest BCUT2D eigenvalue weighted by molar-refractivity contribution is 0.0967. The zero-order chi connectivity index (χ0) is 8.72. The lowest BCUT2D eigenvalue weighted by Gasteiger charge is -1.92. The van der Waals surface area contributed by atoms with Gasteiger partial charge >= 0.3 is 0 Å². The Morgan fingerprint density at radius 2 is 2.33 bits per heavy atom. The maximum absolute atomic E-state index is 11.6. The molecule has 1 aliphatic rings. The fraction of sp³-hybridized carbons (Fsp3) is 0.556. The lowest BCUT2D eigenvalue weighted by atomic mass is 10.1. The van der Waals surface area contributed by atoms with Crippen molar-refractivity contribution >= 4 is 5.78 Å². The van der Waals surface area contributed by atoms with Crippen LogP contribution in [0.3, 0.4) is 0 Å².